The Kier molecular flexibility index (Phi) is 5.75. The standard InChI is InChI=1S/C16H26O4/c1-2-3-4-5-6-15-14(19)10-16(20-15)12-9-11(17)7-8-13(12)18/h9,11,14-17,19H,2-8,10H2,1H3/t11-,14-,15-,16+/m0/s1. The summed E-state index contributed by atoms with van der Waals surface area (Å²) in [5.41, 5.74) is 0.568. The Morgan fingerprint density at radius 2 is 2.10 bits per heavy atom. The van der Waals surface area contributed by atoms with Gasteiger partial charge in [0.1, 0.15) is 0 Å². The van der Waals surface area contributed by atoms with Crippen LogP contribution >= 0.6 is 0 Å². The lowest BCUT2D eigenvalue weighted by atomic mass is 9.91. The van der Waals surface area contributed by atoms with Crippen molar-refractivity contribution >= 4 is 5.78 Å². The molecule has 0 aromatic carbocycles. The van der Waals surface area contributed by atoms with E-state index in [1.54, 1.807) is 6.08 Å². The van der Waals surface area contributed by atoms with Crippen LogP contribution in [0.25, 0.3) is 0 Å². The first-order valence-corrected chi connectivity index (χ1v) is 7.88. The molecule has 0 aromatic rings. The SMILES string of the molecule is CCCCCC[C@@H]1O[C@@H](C2=C[C@@H](O)CCC2=O)C[C@@H]1O. The third-order valence-corrected chi connectivity index (χ3v) is 4.27. The highest BCUT2D eigenvalue weighted by molar-refractivity contribution is 5.97. The van der Waals surface area contributed by atoms with E-state index in [9.17, 15) is 15.0 Å². The van der Waals surface area contributed by atoms with E-state index >= 15 is 0 Å². The van der Waals surface area contributed by atoms with Crippen LogP contribution in [0.5, 0.6) is 0 Å². The van der Waals surface area contributed by atoms with Crippen molar-refractivity contribution in [3.63, 3.8) is 0 Å². The van der Waals surface area contributed by atoms with Gasteiger partial charge in [-0.05, 0) is 18.9 Å². The summed E-state index contributed by atoms with van der Waals surface area (Å²) < 4.78 is 5.86. The van der Waals surface area contributed by atoms with E-state index in [1.807, 2.05) is 0 Å². The number of carbonyl (C=O) groups is 1. The fraction of sp³-hybridized carbons (Fsp3) is 0.812. The van der Waals surface area contributed by atoms with E-state index in [0.29, 0.717) is 24.8 Å². The van der Waals surface area contributed by atoms with Gasteiger partial charge in [-0.25, -0.2) is 0 Å². The highest BCUT2D eigenvalue weighted by Crippen LogP contribution is 2.31. The number of Topliss-reactive ketones (excluding diaryl/α,β-unsaturated/α-hetero) is 1. The van der Waals surface area contributed by atoms with Crippen LogP contribution in [-0.2, 0) is 9.53 Å². The molecule has 0 spiro atoms. The van der Waals surface area contributed by atoms with Gasteiger partial charge in [-0.2, -0.15) is 0 Å². The molecule has 0 saturated carbocycles. The molecule has 4 heteroatoms. The Morgan fingerprint density at radius 3 is 2.85 bits per heavy atom. The average Bonchev–Trinajstić information content (AvgIpc) is 2.79. The smallest absolute Gasteiger partial charge is 0.161 e. The van der Waals surface area contributed by atoms with E-state index in [0.717, 1.165) is 19.3 Å². The van der Waals surface area contributed by atoms with E-state index in [1.165, 1.54) is 12.8 Å². The molecule has 1 aliphatic heterocycles. The van der Waals surface area contributed by atoms with Crippen LogP contribution in [0, 0.1) is 0 Å². The topological polar surface area (TPSA) is 66.8 Å². The zero-order chi connectivity index (χ0) is 14.5. The zero-order valence-corrected chi connectivity index (χ0v) is 12.3. The van der Waals surface area contributed by atoms with Crippen molar-refractivity contribution in [1.82, 2.24) is 0 Å². The predicted molar refractivity (Wildman–Crippen MR) is 76.4 cm³/mol. The summed E-state index contributed by atoms with van der Waals surface area (Å²) in [6, 6.07) is 0. The van der Waals surface area contributed by atoms with Crippen molar-refractivity contribution < 1.29 is 19.7 Å². The van der Waals surface area contributed by atoms with Gasteiger partial charge in [0.25, 0.3) is 0 Å². The third kappa shape index (κ3) is 3.90. The van der Waals surface area contributed by atoms with Crippen molar-refractivity contribution in [3.05, 3.63) is 11.6 Å². The van der Waals surface area contributed by atoms with E-state index in [2.05, 4.69) is 6.92 Å². The van der Waals surface area contributed by atoms with Crippen molar-refractivity contribution in [3.8, 4) is 0 Å². The molecule has 2 rings (SSSR count). The first kappa shape index (κ1) is 15.7. The summed E-state index contributed by atoms with van der Waals surface area (Å²) in [4.78, 5) is 11.9. The summed E-state index contributed by atoms with van der Waals surface area (Å²) in [5.74, 6) is 0.0548. The normalized spacial score (nSPS) is 34.4. The highest BCUT2D eigenvalue weighted by Gasteiger charge is 2.38. The Hall–Kier alpha value is -0.710. The van der Waals surface area contributed by atoms with Crippen LogP contribution < -0.4 is 0 Å². The quantitative estimate of drug-likeness (QED) is 0.732. The molecule has 114 valence electrons. The second kappa shape index (κ2) is 7.34. The number of ether oxygens (including phenoxy) is 1. The molecule has 0 amide bonds. The van der Waals surface area contributed by atoms with Gasteiger partial charge in [0.05, 0.1) is 24.4 Å². The second-order valence-corrected chi connectivity index (χ2v) is 5.97. The van der Waals surface area contributed by atoms with Gasteiger partial charge in [0.2, 0.25) is 0 Å². The number of hydrogen-bond donors (Lipinski definition) is 2. The van der Waals surface area contributed by atoms with Gasteiger partial charge >= 0.3 is 0 Å². The lowest BCUT2D eigenvalue weighted by Crippen LogP contribution is -2.25. The van der Waals surface area contributed by atoms with Gasteiger partial charge in [0, 0.05) is 18.4 Å². The van der Waals surface area contributed by atoms with Crippen LogP contribution in [0.2, 0.25) is 0 Å². The molecule has 2 aliphatic rings. The minimum atomic E-state index is -0.549. The minimum Gasteiger partial charge on any atom is -0.390 e. The molecule has 2 N–H and O–H groups in total. The Bertz CT molecular complexity index is 363. The van der Waals surface area contributed by atoms with Crippen molar-refractivity contribution in [2.75, 3.05) is 0 Å². The molecular weight excluding hydrogens is 256 g/mol. The number of rotatable bonds is 6. The fourth-order valence-corrected chi connectivity index (χ4v) is 3.06. The van der Waals surface area contributed by atoms with Gasteiger partial charge in [-0.1, -0.05) is 32.6 Å². The fourth-order valence-electron chi connectivity index (χ4n) is 3.06. The minimum absolute atomic E-state index is 0.0548. The lowest BCUT2D eigenvalue weighted by molar-refractivity contribution is -0.118. The van der Waals surface area contributed by atoms with Crippen LogP contribution in [0.15, 0.2) is 11.6 Å². The maximum Gasteiger partial charge on any atom is 0.161 e. The first-order valence-electron chi connectivity index (χ1n) is 7.88. The Morgan fingerprint density at radius 1 is 1.30 bits per heavy atom. The molecule has 1 heterocycles. The van der Waals surface area contributed by atoms with Crippen molar-refractivity contribution in [1.29, 1.82) is 0 Å². The molecule has 0 bridgehead atoms. The number of ketones is 1. The maximum absolute atomic E-state index is 11.9. The average molecular weight is 282 g/mol. The van der Waals surface area contributed by atoms with Crippen molar-refractivity contribution in [2.45, 2.75) is 82.7 Å². The van der Waals surface area contributed by atoms with Gasteiger partial charge < -0.3 is 14.9 Å². The molecule has 1 saturated heterocycles. The molecule has 1 fully saturated rings. The number of hydrogen-bond acceptors (Lipinski definition) is 4. The van der Waals surface area contributed by atoms with Crippen molar-refractivity contribution in [2.24, 2.45) is 0 Å². The molecule has 0 radical (unpaired) electrons. The molecule has 20 heavy (non-hydrogen) atoms. The monoisotopic (exact) mass is 282 g/mol. The predicted octanol–water partition coefficient (Wildman–Crippen LogP) is 2.13. The third-order valence-electron chi connectivity index (χ3n) is 4.27. The Labute approximate surface area is 120 Å². The molecule has 0 unspecified atom stereocenters. The van der Waals surface area contributed by atoms with E-state index in [-0.39, 0.29) is 18.0 Å². The second-order valence-electron chi connectivity index (χ2n) is 5.97. The molecule has 1 aliphatic carbocycles. The van der Waals surface area contributed by atoms with E-state index in [4.69, 9.17) is 4.74 Å². The van der Waals surface area contributed by atoms with Gasteiger partial charge in [0.15, 0.2) is 5.78 Å². The number of carbonyl (C=O) groups excluding carboxylic acids is 1. The zero-order valence-electron chi connectivity index (χ0n) is 12.3. The molecular formula is C16H26O4. The van der Waals surface area contributed by atoms with E-state index < -0.39 is 12.2 Å². The summed E-state index contributed by atoms with van der Waals surface area (Å²) >= 11 is 0. The van der Waals surface area contributed by atoms with Crippen LogP contribution in [0.3, 0.4) is 0 Å². The van der Waals surface area contributed by atoms with Crippen LogP contribution in [0.1, 0.15) is 58.3 Å². The van der Waals surface area contributed by atoms with Gasteiger partial charge in [-0.15, -0.1) is 0 Å². The summed E-state index contributed by atoms with van der Waals surface area (Å²) in [7, 11) is 0. The van der Waals surface area contributed by atoms with Crippen LogP contribution in [0.4, 0.5) is 0 Å². The van der Waals surface area contributed by atoms with Gasteiger partial charge in [-0.3, -0.25) is 4.79 Å². The lowest BCUT2D eigenvalue weighted by Gasteiger charge is -2.21. The Balaban J connectivity index is 1.88. The summed E-state index contributed by atoms with van der Waals surface area (Å²) in [6.45, 7) is 2.17. The largest absolute Gasteiger partial charge is 0.390 e. The number of aliphatic hydroxyl groups is 2. The highest BCUT2D eigenvalue weighted by atomic mass is 16.5. The summed E-state index contributed by atoms with van der Waals surface area (Å²) in [5, 5.41) is 19.7. The first-order chi connectivity index (χ1) is 9.61. The number of aliphatic hydroxyl groups excluding tert-OH is 2. The molecule has 0 aromatic heterocycles. The molecule has 4 atom stereocenters. The number of unbranched alkanes of at least 4 members (excludes halogenated alkanes) is 3. The van der Waals surface area contributed by atoms with Crippen LogP contribution in [-0.4, -0.2) is 40.4 Å². The maximum atomic E-state index is 11.9. The molecule has 4 nitrogen and oxygen atoms in total. The summed E-state index contributed by atoms with van der Waals surface area (Å²) in [6.07, 6.45) is 6.90.